The predicted octanol–water partition coefficient (Wildman–Crippen LogP) is 14.0. The minimum atomic E-state index is 0.426. The number of rotatable bonds is 17. The molecule has 0 nitrogen and oxygen atoms in total. The Labute approximate surface area is 253 Å². The van der Waals surface area contributed by atoms with Crippen molar-refractivity contribution in [2.45, 2.75) is 158 Å². The van der Waals surface area contributed by atoms with Gasteiger partial charge < -0.3 is 0 Å². The van der Waals surface area contributed by atoms with Crippen molar-refractivity contribution in [2.24, 2.45) is 23.7 Å². The Morgan fingerprint density at radius 1 is 0.900 bits per heavy atom. The third kappa shape index (κ3) is 13.9. The van der Waals surface area contributed by atoms with Gasteiger partial charge in [-0.25, -0.2) is 0 Å². The fraction of sp³-hybridized carbons (Fsp3) is 0.700. The van der Waals surface area contributed by atoms with E-state index in [1.807, 2.05) is 13.8 Å². The highest BCUT2D eigenvalue weighted by Gasteiger charge is 2.24. The van der Waals surface area contributed by atoms with Gasteiger partial charge >= 0.3 is 0 Å². The van der Waals surface area contributed by atoms with Crippen LogP contribution in [0.5, 0.6) is 0 Å². The molecule has 1 fully saturated rings. The van der Waals surface area contributed by atoms with E-state index < -0.39 is 0 Å². The first kappa shape index (κ1) is 38.4. The number of hydrogen-bond donors (Lipinski definition) is 0. The monoisotopic (exact) mass is 551 g/mol. The summed E-state index contributed by atoms with van der Waals surface area (Å²) >= 11 is 0. The first-order valence-electron chi connectivity index (χ1n) is 17.4. The van der Waals surface area contributed by atoms with Gasteiger partial charge in [0.2, 0.25) is 0 Å². The minimum Gasteiger partial charge on any atom is -0.0956 e. The van der Waals surface area contributed by atoms with Gasteiger partial charge in [-0.05, 0) is 84.0 Å². The lowest BCUT2D eigenvalue weighted by molar-refractivity contribution is 0.384. The molecule has 0 bridgehead atoms. The molecule has 0 saturated heterocycles. The van der Waals surface area contributed by atoms with Crippen molar-refractivity contribution in [3.8, 4) is 0 Å². The molecule has 0 amide bonds. The molecule has 1 aliphatic rings. The summed E-state index contributed by atoms with van der Waals surface area (Å²) in [5, 5.41) is 0. The van der Waals surface area contributed by atoms with Gasteiger partial charge in [0, 0.05) is 0 Å². The molecule has 3 unspecified atom stereocenters. The van der Waals surface area contributed by atoms with E-state index in [9.17, 15) is 0 Å². The van der Waals surface area contributed by atoms with E-state index >= 15 is 0 Å². The molecule has 1 aromatic rings. The summed E-state index contributed by atoms with van der Waals surface area (Å²) in [6, 6.07) is 9.17. The van der Waals surface area contributed by atoms with Crippen molar-refractivity contribution < 1.29 is 0 Å². The van der Waals surface area contributed by atoms with Crippen LogP contribution in [0.3, 0.4) is 0 Å². The summed E-state index contributed by atoms with van der Waals surface area (Å²) in [5.74, 6) is 3.81. The van der Waals surface area contributed by atoms with Crippen LogP contribution in [0.25, 0.3) is 5.57 Å². The Balaban J connectivity index is 0.00000117. The molecule has 0 heteroatoms. The van der Waals surface area contributed by atoms with Gasteiger partial charge in [-0.3, -0.25) is 0 Å². The number of allylic oxidation sites excluding steroid dienone is 3. The summed E-state index contributed by atoms with van der Waals surface area (Å²) in [4.78, 5) is 0. The smallest absolute Gasteiger partial charge is 0.00957 e. The summed E-state index contributed by atoms with van der Waals surface area (Å²) in [7, 11) is 0. The second-order valence-electron chi connectivity index (χ2n) is 12.3. The molecule has 0 heterocycles. The van der Waals surface area contributed by atoms with E-state index in [1.165, 1.54) is 105 Å². The lowest BCUT2D eigenvalue weighted by atomic mass is 9.77. The lowest BCUT2D eigenvalue weighted by Crippen LogP contribution is -2.13. The first-order valence-corrected chi connectivity index (χ1v) is 17.4. The van der Waals surface area contributed by atoms with Gasteiger partial charge in [-0.2, -0.15) is 0 Å². The standard InChI is InChI=1S/C29H44.C9H20.C2H6/c1-8-13-29(25(7)24(6)21(3)9-2)28-19-12-18-27(20-28)23(5)15-11-17-26-16-10-14-22(26)4;1-4-7-9(6-3)8-5-2;1-2/h12,18-20,22,25-26,29H,3,5-6,8-11,13-17H2,1-2,4,7H3;9H,4-8H2,1-3H3;1-2H3/t22?,25?,26?,29-;;/m0../s1. The van der Waals surface area contributed by atoms with Crippen LogP contribution in [0.15, 0.2) is 55.1 Å². The van der Waals surface area contributed by atoms with Crippen LogP contribution < -0.4 is 0 Å². The van der Waals surface area contributed by atoms with Crippen LogP contribution in [-0.4, -0.2) is 0 Å². The average Bonchev–Trinajstić information content (AvgIpc) is 3.40. The van der Waals surface area contributed by atoms with Crippen LogP contribution in [0.1, 0.15) is 169 Å². The minimum absolute atomic E-state index is 0.426. The Morgan fingerprint density at radius 3 is 2.02 bits per heavy atom. The van der Waals surface area contributed by atoms with E-state index in [-0.39, 0.29) is 0 Å². The van der Waals surface area contributed by atoms with Crippen molar-refractivity contribution in [3.05, 3.63) is 66.3 Å². The van der Waals surface area contributed by atoms with Gasteiger partial charge in [-0.15, -0.1) is 0 Å². The molecule has 1 saturated carbocycles. The third-order valence-electron chi connectivity index (χ3n) is 9.42. The molecule has 0 spiro atoms. The zero-order valence-electron chi connectivity index (χ0n) is 28.7. The van der Waals surface area contributed by atoms with E-state index in [0.29, 0.717) is 11.8 Å². The van der Waals surface area contributed by atoms with Crippen LogP contribution in [-0.2, 0) is 0 Å². The maximum Gasteiger partial charge on any atom is -0.00957 e. The van der Waals surface area contributed by atoms with E-state index in [1.54, 1.807) is 0 Å². The topological polar surface area (TPSA) is 0 Å². The maximum atomic E-state index is 4.44. The Bertz CT molecular complexity index is 805. The second-order valence-corrected chi connectivity index (χ2v) is 12.3. The van der Waals surface area contributed by atoms with Crippen molar-refractivity contribution in [2.75, 3.05) is 0 Å². The number of benzene rings is 1. The van der Waals surface area contributed by atoms with Gasteiger partial charge in [-0.1, -0.05) is 170 Å². The molecule has 40 heavy (non-hydrogen) atoms. The molecule has 0 radical (unpaired) electrons. The van der Waals surface area contributed by atoms with E-state index in [0.717, 1.165) is 30.6 Å². The Hall–Kier alpha value is -1.56. The molecule has 230 valence electrons. The third-order valence-corrected chi connectivity index (χ3v) is 9.42. The zero-order valence-corrected chi connectivity index (χ0v) is 28.7. The molecular formula is C40H70. The lowest BCUT2D eigenvalue weighted by Gasteiger charge is -2.27. The van der Waals surface area contributed by atoms with E-state index in [2.05, 4.69) is 92.5 Å². The maximum absolute atomic E-state index is 4.44. The van der Waals surface area contributed by atoms with Gasteiger partial charge in [0.25, 0.3) is 0 Å². The highest BCUT2D eigenvalue weighted by molar-refractivity contribution is 5.64. The van der Waals surface area contributed by atoms with Crippen LogP contribution >= 0.6 is 0 Å². The highest BCUT2D eigenvalue weighted by Crippen LogP contribution is 2.38. The van der Waals surface area contributed by atoms with Crippen molar-refractivity contribution in [1.29, 1.82) is 0 Å². The van der Waals surface area contributed by atoms with E-state index in [4.69, 9.17) is 0 Å². The Kier molecular flexibility index (Phi) is 22.2. The summed E-state index contributed by atoms with van der Waals surface area (Å²) < 4.78 is 0. The average molecular weight is 551 g/mol. The fourth-order valence-corrected chi connectivity index (χ4v) is 6.54. The van der Waals surface area contributed by atoms with Crippen LogP contribution in [0.2, 0.25) is 0 Å². The fourth-order valence-electron chi connectivity index (χ4n) is 6.54. The van der Waals surface area contributed by atoms with Gasteiger partial charge in [0.15, 0.2) is 0 Å². The van der Waals surface area contributed by atoms with Gasteiger partial charge in [0.05, 0.1) is 0 Å². The zero-order chi connectivity index (χ0) is 30.5. The SMILES string of the molecule is C=C(CC)C(=C)C(C)[C@H](CCC)c1cccc(C(=C)CCCC2CCCC2C)c1.CC.CCCC(CC)CCC. The quantitative estimate of drug-likeness (QED) is 0.169. The normalized spacial score (nSPS) is 17.8. The van der Waals surface area contributed by atoms with Crippen molar-refractivity contribution in [3.63, 3.8) is 0 Å². The molecule has 1 aliphatic carbocycles. The second kappa shape index (κ2) is 23.1. The molecule has 0 aliphatic heterocycles. The molecule has 0 N–H and O–H groups in total. The summed E-state index contributed by atoms with van der Waals surface area (Å²) in [5.41, 5.74) is 6.49. The molecule has 4 atom stereocenters. The largest absolute Gasteiger partial charge is 0.0956 e. The molecule has 1 aromatic carbocycles. The Morgan fingerprint density at radius 2 is 1.52 bits per heavy atom. The van der Waals surface area contributed by atoms with Crippen LogP contribution in [0, 0.1) is 23.7 Å². The summed E-state index contributed by atoms with van der Waals surface area (Å²) in [6.07, 6.45) is 18.4. The predicted molar refractivity (Wildman–Crippen MR) is 186 cm³/mol. The highest BCUT2D eigenvalue weighted by atomic mass is 14.3. The number of hydrogen-bond acceptors (Lipinski definition) is 0. The molecular weight excluding hydrogens is 480 g/mol. The molecule has 0 aromatic heterocycles. The van der Waals surface area contributed by atoms with Crippen molar-refractivity contribution in [1.82, 2.24) is 0 Å². The van der Waals surface area contributed by atoms with Gasteiger partial charge in [0.1, 0.15) is 0 Å². The summed E-state index contributed by atoms with van der Waals surface area (Å²) in [6.45, 7) is 33.1. The van der Waals surface area contributed by atoms with Crippen LogP contribution in [0.4, 0.5) is 0 Å². The first-order chi connectivity index (χ1) is 19.2. The van der Waals surface area contributed by atoms with Crippen molar-refractivity contribution >= 4 is 5.57 Å². The molecule has 2 rings (SSSR count).